The maximum atomic E-state index is 12.6. The van der Waals surface area contributed by atoms with E-state index in [-0.39, 0.29) is 17.6 Å². The van der Waals surface area contributed by atoms with Crippen molar-refractivity contribution < 1.29 is 14.4 Å². The molecule has 9 nitrogen and oxygen atoms in total. The minimum Gasteiger partial charge on any atom is -0.364 e. The van der Waals surface area contributed by atoms with E-state index in [4.69, 9.17) is 5.73 Å². The molecule has 0 spiro atoms. The molecule has 4 N–H and O–H groups in total. The highest BCUT2D eigenvalue weighted by Crippen LogP contribution is 2.20. The molecule has 1 aliphatic heterocycles. The zero-order chi connectivity index (χ0) is 20.4. The number of nitrogens with two attached hydrogens (primary N) is 1. The summed E-state index contributed by atoms with van der Waals surface area (Å²) in [7, 11) is 0. The zero-order valence-electron chi connectivity index (χ0n) is 15.3. The summed E-state index contributed by atoms with van der Waals surface area (Å²) in [4.78, 5) is 37.2. The molecule has 3 aromatic rings. The molecule has 29 heavy (non-hydrogen) atoms. The monoisotopic (exact) mass is 390 g/mol. The average Bonchev–Trinajstić information content (AvgIpc) is 3.38. The number of hydrogen-bond donors (Lipinski definition) is 3. The van der Waals surface area contributed by atoms with Gasteiger partial charge in [-0.3, -0.25) is 14.5 Å². The van der Waals surface area contributed by atoms with Crippen LogP contribution < -0.4 is 21.3 Å². The molecule has 0 radical (unpaired) electrons. The molecule has 1 aliphatic rings. The number of hydrogen-bond acceptors (Lipinski definition) is 4. The number of anilines is 2. The summed E-state index contributed by atoms with van der Waals surface area (Å²) >= 11 is 0. The summed E-state index contributed by atoms with van der Waals surface area (Å²) in [6, 6.07) is 15.3. The summed E-state index contributed by atoms with van der Waals surface area (Å²) in [6.07, 6.45) is 1.63. The molecule has 0 atom stereocenters. The fourth-order valence-electron chi connectivity index (χ4n) is 3.03. The third-order valence-electron chi connectivity index (χ3n) is 4.51. The van der Waals surface area contributed by atoms with Gasteiger partial charge in [-0.05, 0) is 48.5 Å². The molecule has 0 unspecified atom stereocenters. The van der Waals surface area contributed by atoms with Gasteiger partial charge in [0.2, 0.25) is 0 Å². The van der Waals surface area contributed by atoms with E-state index in [1.165, 1.54) is 10.7 Å². The molecule has 0 aliphatic carbocycles. The van der Waals surface area contributed by atoms with Crippen LogP contribution in [-0.2, 0) is 0 Å². The summed E-state index contributed by atoms with van der Waals surface area (Å²) in [6.45, 7) is 1.15. The van der Waals surface area contributed by atoms with Crippen molar-refractivity contribution in [3.05, 3.63) is 72.1 Å². The number of nitrogens with zero attached hydrogens (tertiary/aromatic N) is 3. The van der Waals surface area contributed by atoms with Crippen LogP contribution in [0.25, 0.3) is 5.69 Å². The SMILES string of the molecule is NC(=O)c1ccn(-c2ccc(NC(=O)c3cccc(N4CCNC4=O)c3)cc2)n1. The first-order chi connectivity index (χ1) is 14.0. The van der Waals surface area contributed by atoms with Crippen molar-refractivity contribution in [2.24, 2.45) is 5.73 Å². The van der Waals surface area contributed by atoms with E-state index in [2.05, 4.69) is 15.7 Å². The molecule has 9 heteroatoms. The van der Waals surface area contributed by atoms with Crippen LogP contribution in [0.1, 0.15) is 20.8 Å². The Balaban J connectivity index is 1.47. The zero-order valence-corrected chi connectivity index (χ0v) is 15.3. The van der Waals surface area contributed by atoms with E-state index in [1.54, 1.807) is 59.6 Å². The van der Waals surface area contributed by atoms with Crippen LogP contribution in [0.2, 0.25) is 0 Å². The van der Waals surface area contributed by atoms with Crippen molar-refractivity contribution in [1.29, 1.82) is 0 Å². The van der Waals surface area contributed by atoms with Crippen molar-refractivity contribution in [1.82, 2.24) is 15.1 Å². The lowest BCUT2D eigenvalue weighted by Crippen LogP contribution is -2.27. The number of aromatic nitrogens is 2. The lowest BCUT2D eigenvalue weighted by molar-refractivity contribution is 0.0993. The Morgan fingerprint density at radius 3 is 2.52 bits per heavy atom. The summed E-state index contributed by atoms with van der Waals surface area (Å²) in [5.41, 5.74) is 7.83. The minimum atomic E-state index is -0.596. The maximum Gasteiger partial charge on any atom is 0.321 e. The number of carbonyl (C=O) groups is 3. The summed E-state index contributed by atoms with van der Waals surface area (Å²) in [5, 5.41) is 9.65. The van der Waals surface area contributed by atoms with Gasteiger partial charge in [-0.15, -0.1) is 0 Å². The van der Waals surface area contributed by atoms with Crippen LogP contribution in [0.4, 0.5) is 16.2 Å². The third-order valence-corrected chi connectivity index (χ3v) is 4.51. The van der Waals surface area contributed by atoms with E-state index in [0.717, 1.165) is 5.69 Å². The van der Waals surface area contributed by atoms with Crippen molar-refractivity contribution in [2.45, 2.75) is 0 Å². The first kappa shape index (κ1) is 18.2. The van der Waals surface area contributed by atoms with Crippen LogP contribution in [0.3, 0.4) is 0 Å². The fourth-order valence-corrected chi connectivity index (χ4v) is 3.03. The Kier molecular flexibility index (Phi) is 4.70. The number of rotatable bonds is 5. The van der Waals surface area contributed by atoms with Gasteiger partial charge in [0.25, 0.3) is 11.8 Å². The van der Waals surface area contributed by atoms with E-state index >= 15 is 0 Å². The molecule has 1 saturated heterocycles. The minimum absolute atomic E-state index is 0.170. The Labute approximate surface area is 166 Å². The van der Waals surface area contributed by atoms with Crippen LogP contribution in [0.5, 0.6) is 0 Å². The molecule has 4 rings (SSSR count). The molecule has 1 fully saturated rings. The highest BCUT2D eigenvalue weighted by molar-refractivity contribution is 6.05. The Morgan fingerprint density at radius 1 is 1.07 bits per heavy atom. The highest BCUT2D eigenvalue weighted by atomic mass is 16.2. The molecule has 2 heterocycles. The van der Waals surface area contributed by atoms with Gasteiger partial charge in [0.15, 0.2) is 0 Å². The summed E-state index contributed by atoms with van der Waals surface area (Å²) < 4.78 is 1.52. The van der Waals surface area contributed by atoms with E-state index in [0.29, 0.717) is 30.0 Å². The van der Waals surface area contributed by atoms with Gasteiger partial charge in [0.1, 0.15) is 5.69 Å². The molecule has 2 aromatic carbocycles. The van der Waals surface area contributed by atoms with Crippen molar-refractivity contribution in [3.8, 4) is 5.69 Å². The molecule has 0 bridgehead atoms. The second-order valence-electron chi connectivity index (χ2n) is 6.44. The van der Waals surface area contributed by atoms with Gasteiger partial charge in [0, 0.05) is 36.2 Å². The second-order valence-corrected chi connectivity index (χ2v) is 6.44. The van der Waals surface area contributed by atoms with Gasteiger partial charge >= 0.3 is 6.03 Å². The average molecular weight is 390 g/mol. The van der Waals surface area contributed by atoms with Crippen molar-refractivity contribution >= 4 is 29.2 Å². The molecule has 146 valence electrons. The number of amides is 4. The normalized spacial score (nSPS) is 13.2. The van der Waals surface area contributed by atoms with Crippen LogP contribution >= 0.6 is 0 Å². The Morgan fingerprint density at radius 2 is 1.86 bits per heavy atom. The fraction of sp³-hybridized carbons (Fsp3) is 0.100. The first-order valence-corrected chi connectivity index (χ1v) is 8.94. The third kappa shape index (κ3) is 3.79. The molecular weight excluding hydrogens is 372 g/mol. The molecule has 0 saturated carbocycles. The van der Waals surface area contributed by atoms with Crippen molar-refractivity contribution in [2.75, 3.05) is 23.3 Å². The second kappa shape index (κ2) is 7.47. The number of benzene rings is 2. The van der Waals surface area contributed by atoms with Gasteiger partial charge < -0.3 is 16.4 Å². The van der Waals surface area contributed by atoms with Gasteiger partial charge in [-0.25, -0.2) is 9.48 Å². The number of primary amides is 1. The van der Waals surface area contributed by atoms with E-state index < -0.39 is 5.91 Å². The maximum absolute atomic E-state index is 12.6. The Bertz CT molecular complexity index is 1090. The molecule has 4 amide bonds. The number of urea groups is 1. The molecular formula is C20H18N6O3. The predicted molar refractivity (Wildman–Crippen MR) is 107 cm³/mol. The Hall–Kier alpha value is -4.14. The largest absolute Gasteiger partial charge is 0.364 e. The topological polar surface area (TPSA) is 122 Å². The van der Waals surface area contributed by atoms with Gasteiger partial charge in [-0.1, -0.05) is 6.07 Å². The van der Waals surface area contributed by atoms with Crippen LogP contribution in [0, 0.1) is 0 Å². The van der Waals surface area contributed by atoms with Crippen molar-refractivity contribution in [3.63, 3.8) is 0 Å². The van der Waals surface area contributed by atoms with Crippen LogP contribution in [-0.4, -0.2) is 40.7 Å². The first-order valence-electron chi connectivity index (χ1n) is 8.94. The highest BCUT2D eigenvalue weighted by Gasteiger charge is 2.21. The van der Waals surface area contributed by atoms with Gasteiger partial charge in [0.05, 0.1) is 5.69 Å². The van der Waals surface area contributed by atoms with Crippen LogP contribution in [0.15, 0.2) is 60.8 Å². The lowest BCUT2D eigenvalue weighted by atomic mass is 10.1. The van der Waals surface area contributed by atoms with E-state index in [9.17, 15) is 14.4 Å². The predicted octanol–water partition coefficient (Wildman–Crippen LogP) is 1.75. The number of nitrogens with one attached hydrogen (secondary N) is 2. The van der Waals surface area contributed by atoms with Gasteiger partial charge in [-0.2, -0.15) is 5.10 Å². The van der Waals surface area contributed by atoms with E-state index in [1.807, 2.05) is 0 Å². The molecule has 1 aromatic heterocycles. The smallest absolute Gasteiger partial charge is 0.321 e. The lowest BCUT2D eigenvalue weighted by Gasteiger charge is -2.15. The standard InChI is InChI=1S/C20H18N6O3/c21-18(27)17-8-10-26(24-17)15-6-4-14(5-7-15)23-19(28)13-2-1-3-16(12-13)25-11-9-22-20(25)29/h1-8,10,12H,9,11H2,(H2,21,27)(H,22,29)(H,23,28). The number of carbonyl (C=O) groups excluding carboxylic acids is 3. The quantitative estimate of drug-likeness (QED) is 0.614. The summed E-state index contributed by atoms with van der Waals surface area (Å²) in [5.74, 6) is -0.879.